The Morgan fingerprint density at radius 2 is 1.57 bits per heavy atom. The minimum absolute atomic E-state index is 0.658. The first-order valence-corrected chi connectivity index (χ1v) is 9.48. The third kappa shape index (κ3) is 2.87. The zero-order valence-electron chi connectivity index (χ0n) is 16.9. The molecule has 0 spiro atoms. The molecule has 0 unspecified atom stereocenters. The zero-order chi connectivity index (χ0) is 20.0. The van der Waals surface area contributed by atoms with E-state index in [1.54, 1.807) is 6.20 Å². The Hall–Kier alpha value is -3.39. The van der Waals surface area contributed by atoms with E-state index in [0.717, 1.165) is 38.8 Å². The van der Waals surface area contributed by atoms with Crippen molar-refractivity contribution in [3.05, 3.63) is 90.6 Å². The van der Waals surface area contributed by atoms with Gasteiger partial charge >= 0.3 is 0 Å². The summed E-state index contributed by atoms with van der Waals surface area (Å²) in [6.07, 6.45) is 1.77. The van der Waals surface area contributed by atoms with E-state index < -0.39 is 5.89 Å². The van der Waals surface area contributed by atoms with Crippen molar-refractivity contribution >= 4 is 21.9 Å². The lowest BCUT2D eigenvalue weighted by atomic mass is 10.0. The predicted octanol–water partition coefficient (Wildman–Crippen LogP) is 7.44. The maximum Gasteiger partial charge on any atom is 0.136 e. The van der Waals surface area contributed by atoms with Gasteiger partial charge in [-0.15, -0.1) is 0 Å². The van der Waals surface area contributed by atoms with Gasteiger partial charge in [-0.05, 0) is 59.0 Å². The van der Waals surface area contributed by atoms with Crippen LogP contribution < -0.4 is 0 Å². The van der Waals surface area contributed by atoms with Gasteiger partial charge in [0.15, 0.2) is 0 Å². The highest BCUT2D eigenvalue weighted by molar-refractivity contribution is 6.07. The van der Waals surface area contributed by atoms with E-state index in [0.29, 0.717) is 0 Å². The summed E-state index contributed by atoms with van der Waals surface area (Å²) in [7, 11) is 0. The molecular formula is C26H21NO. The highest BCUT2D eigenvalue weighted by Gasteiger charge is 2.11. The summed E-state index contributed by atoms with van der Waals surface area (Å²) in [5.41, 5.74) is 6.89. The molecule has 136 valence electrons. The van der Waals surface area contributed by atoms with Crippen LogP contribution in [0.2, 0.25) is 0 Å². The standard InChI is InChI=1S/C26H21NO/c1-17(2)19-12-13-27-24(15-19)21-8-10-22-23-14-20(18-6-4-3-5-7-18)9-11-25(23)28-26(22)16-21/h3-17H,1-2H3/i17D. The number of furan rings is 1. The van der Waals surface area contributed by atoms with Crippen molar-refractivity contribution in [1.82, 2.24) is 4.98 Å². The van der Waals surface area contributed by atoms with Crippen LogP contribution in [-0.4, -0.2) is 4.98 Å². The first-order valence-electron chi connectivity index (χ1n) is 9.98. The molecule has 28 heavy (non-hydrogen) atoms. The minimum Gasteiger partial charge on any atom is -0.456 e. The Kier molecular flexibility index (Phi) is 3.71. The first kappa shape index (κ1) is 15.6. The zero-order valence-corrected chi connectivity index (χ0v) is 15.9. The molecule has 0 amide bonds. The molecule has 2 heterocycles. The molecule has 3 aromatic carbocycles. The van der Waals surface area contributed by atoms with Gasteiger partial charge in [0.2, 0.25) is 0 Å². The van der Waals surface area contributed by atoms with Crippen molar-refractivity contribution in [3.8, 4) is 22.4 Å². The summed E-state index contributed by atoms with van der Waals surface area (Å²) in [5.74, 6) is -0.658. The van der Waals surface area contributed by atoms with Crippen LogP contribution in [0.3, 0.4) is 0 Å². The average Bonchev–Trinajstić information content (AvgIpc) is 3.11. The van der Waals surface area contributed by atoms with Crippen molar-refractivity contribution in [1.29, 1.82) is 0 Å². The van der Waals surface area contributed by atoms with Crippen LogP contribution in [-0.2, 0) is 0 Å². The van der Waals surface area contributed by atoms with E-state index in [1.165, 1.54) is 11.1 Å². The second-order valence-corrected chi connectivity index (χ2v) is 7.32. The Morgan fingerprint density at radius 1 is 0.750 bits per heavy atom. The topological polar surface area (TPSA) is 26.0 Å². The smallest absolute Gasteiger partial charge is 0.136 e. The van der Waals surface area contributed by atoms with E-state index >= 15 is 0 Å². The van der Waals surface area contributed by atoms with E-state index in [4.69, 9.17) is 5.79 Å². The van der Waals surface area contributed by atoms with E-state index in [-0.39, 0.29) is 0 Å². The lowest BCUT2D eigenvalue weighted by Crippen LogP contribution is -1.90. The molecule has 0 aliphatic carbocycles. The summed E-state index contributed by atoms with van der Waals surface area (Å²) in [6, 6.07) is 26.8. The largest absolute Gasteiger partial charge is 0.456 e. The van der Waals surface area contributed by atoms with Crippen LogP contribution in [0, 0.1) is 0 Å². The second-order valence-electron chi connectivity index (χ2n) is 7.32. The lowest BCUT2D eigenvalue weighted by Gasteiger charge is -2.07. The fraction of sp³-hybridized carbons (Fsp3) is 0.115. The highest BCUT2D eigenvalue weighted by Crippen LogP contribution is 2.34. The van der Waals surface area contributed by atoms with Crippen molar-refractivity contribution in [2.24, 2.45) is 0 Å². The SMILES string of the molecule is [2H]C(C)(C)c1ccnc(-c2ccc3c(c2)oc2ccc(-c4ccccc4)cc23)c1. The molecule has 0 N–H and O–H groups in total. The number of nitrogens with zero attached hydrogens (tertiary/aromatic N) is 1. The Bertz CT molecular complexity index is 1330. The lowest BCUT2D eigenvalue weighted by molar-refractivity contribution is 0.669. The van der Waals surface area contributed by atoms with Gasteiger partial charge in [-0.25, -0.2) is 0 Å². The van der Waals surface area contributed by atoms with E-state index in [1.807, 2.05) is 44.2 Å². The Morgan fingerprint density at radius 3 is 2.39 bits per heavy atom. The van der Waals surface area contributed by atoms with Crippen molar-refractivity contribution < 1.29 is 5.79 Å². The molecule has 5 rings (SSSR count). The van der Waals surface area contributed by atoms with Crippen LogP contribution in [0.4, 0.5) is 0 Å². The van der Waals surface area contributed by atoms with Gasteiger partial charge in [-0.2, -0.15) is 0 Å². The number of hydrogen-bond acceptors (Lipinski definition) is 2. The summed E-state index contributed by atoms with van der Waals surface area (Å²) < 4.78 is 14.4. The predicted molar refractivity (Wildman–Crippen MR) is 116 cm³/mol. The molecule has 0 aliphatic heterocycles. The second kappa shape index (κ2) is 6.65. The van der Waals surface area contributed by atoms with Crippen LogP contribution in [0.15, 0.2) is 89.5 Å². The number of hydrogen-bond donors (Lipinski definition) is 0. The number of rotatable bonds is 3. The average molecular weight is 364 g/mol. The molecule has 0 atom stereocenters. The van der Waals surface area contributed by atoms with E-state index in [2.05, 4.69) is 53.5 Å². The van der Waals surface area contributed by atoms with Gasteiger partial charge in [0.25, 0.3) is 0 Å². The van der Waals surface area contributed by atoms with Gasteiger partial charge in [-0.1, -0.05) is 56.3 Å². The fourth-order valence-electron chi connectivity index (χ4n) is 3.65. The molecule has 0 saturated heterocycles. The third-order valence-electron chi connectivity index (χ3n) is 5.21. The molecule has 0 aliphatic rings. The maximum absolute atomic E-state index is 8.28. The van der Waals surface area contributed by atoms with Gasteiger partial charge in [-0.3, -0.25) is 4.98 Å². The molecule has 0 bridgehead atoms. The molecule has 0 radical (unpaired) electrons. The van der Waals surface area contributed by atoms with Gasteiger partial charge in [0, 0.05) is 23.9 Å². The molecule has 2 nitrogen and oxygen atoms in total. The van der Waals surface area contributed by atoms with Crippen LogP contribution in [0.1, 0.15) is 26.7 Å². The molecule has 2 heteroatoms. The quantitative estimate of drug-likeness (QED) is 0.332. The van der Waals surface area contributed by atoms with Gasteiger partial charge in [0.05, 0.1) is 5.69 Å². The van der Waals surface area contributed by atoms with Crippen molar-refractivity contribution in [2.75, 3.05) is 0 Å². The van der Waals surface area contributed by atoms with Crippen molar-refractivity contribution in [3.63, 3.8) is 0 Å². The van der Waals surface area contributed by atoms with Crippen LogP contribution >= 0.6 is 0 Å². The summed E-state index contributed by atoms with van der Waals surface area (Å²) >= 11 is 0. The third-order valence-corrected chi connectivity index (χ3v) is 5.21. The monoisotopic (exact) mass is 364 g/mol. The molecule has 0 fully saturated rings. The summed E-state index contributed by atoms with van der Waals surface area (Å²) in [6.45, 7) is 3.78. The minimum atomic E-state index is -0.658. The number of fused-ring (bicyclic) bond motifs is 3. The number of benzene rings is 3. The Balaban J connectivity index is 1.62. The maximum atomic E-state index is 8.28. The van der Waals surface area contributed by atoms with Crippen LogP contribution in [0.5, 0.6) is 0 Å². The molecule has 2 aromatic heterocycles. The molecule has 5 aromatic rings. The normalized spacial score (nSPS) is 12.4. The fourth-order valence-corrected chi connectivity index (χ4v) is 3.65. The number of pyridine rings is 1. The Labute approximate surface area is 165 Å². The van der Waals surface area contributed by atoms with Crippen molar-refractivity contribution in [2.45, 2.75) is 19.7 Å². The van der Waals surface area contributed by atoms with Gasteiger partial charge in [0.1, 0.15) is 11.2 Å². The van der Waals surface area contributed by atoms with E-state index in [9.17, 15) is 0 Å². The molecular weight excluding hydrogens is 342 g/mol. The van der Waals surface area contributed by atoms with Crippen LogP contribution in [0.25, 0.3) is 44.3 Å². The first-order chi connectivity index (χ1) is 14.0. The number of aromatic nitrogens is 1. The molecule has 0 saturated carbocycles. The summed E-state index contributed by atoms with van der Waals surface area (Å²) in [4.78, 5) is 4.51. The highest BCUT2D eigenvalue weighted by atomic mass is 16.3. The summed E-state index contributed by atoms with van der Waals surface area (Å²) in [5, 5.41) is 2.21. The van der Waals surface area contributed by atoms with Gasteiger partial charge < -0.3 is 4.42 Å².